The fourth-order valence-electron chi connectivity index (χ4n) is 3.44. The molecule has 2 aliphatic rings. The van der Waals surface area contributed by atoms with E-state index < -0.39 is 5.82 Å². The van der Waals surface area contributed by atoms with Crippen LogP contribution in [0.4, 0.5) is 4.39 Å². The van der Waals surface area contributed by atoms with Gasteiger partial charge in [0.25, 0.3) is 5.91 Å². The molecule has 3 rings (SSSR count). The first-order valence-corrected chi connectivity index (χ1v) is 8.62. The zero-order valence-electron chi connectivity index (χ0n) is 14.1. The number of carbonyl (C=O) groups excluding carboxylic acids is 3. The maximum absolute atomic E-state index is 13.8. The molecule has 0 atom stereocenters. The maximum atomic E-state index is 13.8. The van der Waals surface area contributed by atoms with Crippen LogP contribution in [0, 0.1) is 11.7 Å². The molecule has 1 aromatic rings. The van der Waals surface area contributed by atoms with Crippen molar-refractivity contribution in [1.82, 2.24) is 14.7 Å². The van der Waals surface area contributed by atoms with Gasteiger partial charge in [-0.25, -0.2) is 4.39 Å². The number of amides is 3. The number of halogens is 1. The normalized spacial score (nSPS) is 19.0. The molecule has 0 aromatic heterocycles. The molecule has 2 heterocycles. The Morgan fingerprint density at radius 3 is 2.20 bits per heavy atom. The molecule has 134 valence electrons. The molecule has 0 N–H and O–H groups in total. The highest BCUT2D eigenvalue weighted by atomic mass is 19.1. The average Bonchev–Trinajstić information content (AvgIpc) is 2.67. The van der Waals surface area contributed by atoms with E-state index in [1.165, 1.54) is 12.1 Å². The first kappa shape index (κ1) is 17.4. The second-order valence-electron chi connectivity index (χ2n) is 6.51. The minimum absolute atomic E-state index is 0.0808. The van der Waals surface area contributed by atoms with Gasteiger partial charge in [0.05, 0.1) is 5.56 Å². The number of piperazine rings is 1. The Morgan fingerprint density at radius 2 is 1.60 bits per heavy atom. The summed E-state index contributed by atoms with van der Waals surface area (Å²) in [6.07, 6.45) is 1.99. The number of hydrogen-bond acceptors (Lipinski definition) is 3. The van der Waals surface area contributed by atoms with Crippen LogP contribution >= 0.6 is 0 Å². The number of nitrogens with zero attached hydrogens (tertiary/aromatic N) is 3. The molecule has 0 saturated carbocycles. The zero-order chi connectivity index (χ0) is 17.8. The third kappa shape index (κ3) is 3.81. The predicted molar refractivity (Wildman–Crippen MR) is 89.2 cm³/mol. The van der Waals surface area contributed by atoms with Crippen LogP contribution in [0.3, 0.4) is 0 Å². The van der Waals surface area contributed by atoms with Crippen molar-refractivity contribution in [3.8, 4) is 0 Å². The number of likely N-dealkylation sites (tertiary alicyclic amines) is 1. The molecule has 0 aliphatic carbocycles. The van der Waals surface area contributed by atoms with Gasteiger partial charge in [-0.05, 0) is 25.0 Å². The van der Waals surface area contributed by atoms with Crippen molar-refractivity contribution in [2.75, 3.05) is 39.3 Å². The van der Waals surface area contributed by atoms with Crippen LogP contribution in [0.15, 0.2) is 24.3 Å². The van der Waals surface area contributed by atoms with E-state index >= 15 is 0 Å². The van der Waals surface area contributed by atoms with Crippen LogP contribution in [0.25, 0.3) is 0 Å². The standard InChI is InChI=1S/C18H22FN3O3/c19-16-4-2-1-3-15(16)18(25)21-7-5-14(6-8-21)17(24)22-11-9-20(13-23)10-12-22/h1-4,13-14H,5-12H2. The van der Waals surface area contributed by atoms with Crippen LogP contribution in [0.2, 0.25) is 0 Å². The second-order valence-corrected chi connectivity index (χ2v) is 6.51. The minimum Gasteiger partial charge on any atom is -0.342 e. The van der Waals surface area contributed by atoms with Crippen molar-refractivity contribution in [1.29, 1.82) is 0 Å². The molecule has 2 saturated heterocycles. The predicted octanol–water partition coefficient (Wildman–Crippen LogP) is 0.978. The minimum atomic E-state index is -0.515. The summed E-state index contributed by atoms with van der Waals surface area (Å²) in [4.78, 5) is 40.8. The molecule has 2 aliphatic heterocycles. The largest absolute Gasteiger partial charge is 0.342 e. The molecule has 0 radical (unpaired) electrons. The number of piperidine rings is 1. The van der Waals surface area contributed by atoms with Gasteiger partial charge in [0.1, 0.15) is 5.82 Å². The molecule has 1 aromatic carbocycles. The molecule has 0 unspecified atom stereocenters. The Hall–Kier alpha value is -2.44. The highest BCUT2D eigenvalue weighted by molar-refractivity contribution is 5.94. The van der Waals surface area contributed by atoms with E-state index in [4.69, 9.17) is 0 Å². The van der Waals surface area contributed by atoms with Gasteiger partial charge in [0.2, 0.25) is 12.3 Å². The lowest BCUT2D eigenvalue weighted by molar-refractivity contribution is -0.140. The SMILES string of the molecule is O=CN1CCN(C(=O)C2CCN(C(=O)c3ccccc3F)CC2)CC1. The Bertz CT molecular complexity index is 651. The van der Waals surface area contributed by atoms with E-state index in [0.717, 1.165) is 6.41 Å². The Morgan fingerprint density at radius 1 is 0.960 bits per heavy atom. The molecule has 25 heavy (non-hydrogen) atoms. The number of carbonyl (C=O) groups is 3. The lowest BCUT2D eigenvalue weighted by atomic mass is 9.94. The fourth-order valence-corrected chi connectivity index (χ4v) is 3.44. The summed E-state index contributed by atoms with van der Waals surface area (Å²) in [5.41, 5.74) is 0.0808. The number of benzene rings is 1. The Balaban J connectivity index is 1.53. The van der Waals surface area contributed by atoms with Crippen molar-refractivity contribution >= 4 is 18.2 Å². The van der Waals surface area contributed by atoms with E-state index in [2.05, 4.69) is 0 Å². The fraction of sp³-hybridized carbons (Fsp3) is 0.500. The second kappa shape index (κ2) is 7.63. The molecular formula is C18H22FN3O3. The third-order valence-corrected chi connectivity index (χ3v) is 5.01. The van der Waals surface area contributed by atoms with Gasteiger partial charge in [-0.15, -0.1) is 0 Å². The van der Waals surface area contributed by atoms with Gasteiger partial charge < -0.3 is 14.7 Å². The van der Waals surface area contributed by atoms with Crippen molar-refractivity contribution in [2.24, 2.45) is 5.92 Å². The topological polar surface area (TPSA) is 60.9 Å². The lowest BCUT2D eigenvalue weighted by Gasteiger charge is -2.37. The van der Waals surface area contributed by atoms with Gasteiger partial charge >= 0.3 is 0 Å². The highest BCUT2D eigenvalue weighted by Gasteiger charge is 2.32. The van der Waals surface area contributed by atoms with Crippen LogP contribution in [-0.2, 0) is 9.59 Å². The summed E-state index contributed by atoms with van der Waals surface area (Å²) in [5, 5.41) is 0. The molecule has 0 spiro atoms. The smallest absolute Gasteiger partial charge is 0.256 e. The van der Waals surface area contributed by atoms with Crippen LogP contribution < -0.4 is 0 Å². The monoisotopic (exact) mass is 347 g/mol. The molecule has 7 heteroatoms. The number of hydrogen-bond donors (Lipinski definition) is 0. The highest BCUT2D eigenvalue weighted by Crippen LogP contribution is 2.22. The van der Waals surface area contributed by atoms with Crippen LogP contribution in [-0.4, -0.2) is 72.2 Å². The zero-order valence-corrected chi connectivity index (χ0v) is 14.1. The summed E-state index contributed by atoms with van der Waals surface area (Å²) in [5.74, 6) is -0.835. The first-order chi connectivity index (χ1) is 12.1. The quantitative estimate of drug-likeness (QED) is 0.766. The molecule has 6 nitrogen and oxygen atoms in total. The summed E-state index contributed by atoms with van der Waals surface area (Å²) in [6.45, 7) is 3.17. The molecule has 3 amide bonds. The van der Waals surface area contributed by atoms with Crippen molar-refractivity contribution in [3.05, 3.63) is 35.6 Å². The van der Waals surface area contributed by atoms with E-state index in [9.17, 15) is 18.8 Å². The Labute approximate surface area is 146 Å². The average molecular weight is 347 g/mol. The van der Waals surface area contributed by atoms with Crippen molar-refractivity contribution in [3.63, 3.8) is 0 Å². The summed E-state index contributed by atoms with van der Waals surface area (Å²) < 4.78 is 13.8. The van der Waals surface area contributed by atoms with Gasteiger partial charge in [0, 0.05) is 45.2 Å². The van der Waals surface area contributed by atoms with Crippen molar-refractivity contribution in [2.45, 2.75) is 12.8 Å². The van der Waals surface area contributed by atoms with E-state index in [1.807, 2.05) is 0 Å². The van der Waals surface area contributed by atoms with E-state index in [1.54, 1.807) is 26.8 Å². The van der Waals surface area contributed by atoms with Gasteiger partial charge in [-0.1, -0.05) is 12.1 Å². The van der Waals surface area contributed by atoms with Gasteiger partial charge in [-0.2, -0.15) is 0 Å². The van der Waals surface area contributed by atoms with Crippen LogP contribution in [0.5, 0.6) is 0 Å². The number of rotatable bonds is 3. The first-order valence-electron chi connectivity index (χ1n) is 8.62. The van der Waals surface area contributed by atoms with Gasteiger partial charge in [-0.3, -0.25) is 14.4 Å². The molecule has 0 bridgehead atoms. The Kier molecular flexibility index (Phi) is 5.31. The van der Waals surface area contributed by atoms with E-state index in [-0.39, 0.29) is 23.3 Å². The summed E-state index contributed by atoms with van der Waals surface area (Å²) in [7, 11) is 0. The summed E-state index contributed by atoms with van der Waals surface area (Å²) >= 11 is 0. The summed E-state index contributed by atoms with van der Waals surface area (Å²) in [6, 6.07) is 5.97. The van der Waals surface area contributed by atoms with E-state index in [0.29, 0.717) is 52.1 Å². The molecule has 2 fully saturated rings. The third-order valence-electron chi connectivity index (χ3n) is 5.01. The lowest BCUT2D eigenvalue weighted by Crippen LogP contribution is -2.51. The van der Waals surface area contributed by atoms with Gasteiger partial charge in [0.15, 0.2) is 0 Å². The maximum Gasteiger partial charge on any atom is 0.256 e. The van der Waals surface area contributed by atoms with Crippen LogP contribution in [0.1, 0.15) is 23.2 Å². The molecular weight excluding hydrogens is 325 g/mol. The van der Waals surface area contributed by atoms with Crippen molar-refractivity contribution < 1.29 is 18.8 Å².